The van der Waals surface area contributed by atoms with Crippen LogP contribution >= 0.6 is 0 Å². The topological polar surface area (TPSA) is 32.3 Å². The molecule has 0 radical (unpaired) electrons. The van der Waals surface area contributed by atoms with E-state index in [1.807, 2.05) is 0 Å². The molecule has 1 rings (SSSR count). The van der Waals surface area contributed by atoms with E-state index in [0.29, 0.717) is 5.92 Å². The predicted molar refractivity (Wildman–Crippen MR) is 87.0 cm³/mol. The molecule has 1 aromatic rings. The number of hydrogen-bond donors (Lipinski definition) is 2. The van der Waals surface area contributed by atoms with Crippen LogP contribution in [0.5, 0.6) is 0 Å². The molecule has 114 valence electrons. The molecule has 0 fully saturated rings. The molecule has 0 saturated carbocycles. The lowest BCUT2D eigenvalue weighted by Crippen LogP contribution is -2.40. The summed E-state index contributed by atoms with van der Waals surface area (Å²) < 4.78 is 0. The van der Waals surface area contributed by atoms with Crippen molar-refractivity contribution in [1.29, 1.82) is 0 Å². The Morgan fingerprint density at radius 2 is 1.85 bits per heavy atom. The lowest BCUT2D eigenvalue weighted by molar-refractivity contribution is 0.104. The zero-order valence-corrected chi connectivity index (χ0v) is 13.7. The molecule has 0 aromatic heterocycles. The predicted octanol–water partition coefficient (Wildman–Crippen LogP) is 4.14. The van der Waals surface area contributed by atoms with Gasteiger partial charge in [0.05, 0.1) is 6.10 Å². The highest BCUT2D eigenvalue weighted by Crippen LogP contribution is 2.25. The lowest BCUT2D eigenvalue weighted by atomic mass is 9.90. The fourth-order valence-electron chi connectivity index (χ4n) is 2.71. The summed E-state index contributed by atoms with van der Waals surface area (Å²) in [7, 11) is 0. The van der Waals surface area contributed by atoms with Crippen LogP contribution in [-0.2, 0) is 0 Å². The molecule has 0 aliphatic rings. The Hall–Kier alpha value is -0.860. The van der Waals surface area contributed by atoms with Gasteiger partial charge in [0.25, 0.3) is 0 Å². The summed E-state index contributed by atoms with van der Waals surface area (Å²) >= 11 is 0. The minimum absolute atomic E-state index is 0.119. The van der Waals surface area contributed by atoms with Crippen molar-refractivity contribution in [2.45, 2.75) is 66.0 Å². The van der Waals surface area contributed by atoms with Gasteiger partial charge in [-0.3, -0.25) is 0 Å². The SMILES string of the molecule is CCCCCNC(C(C)C)C(O)c1ccc(C)cc1C. The highest BCUT2D eigenvalue weighted by molar-refractivity contribution is 5.32. The van der Waals surface area contributed by atoms with Gasteiger partial charge in [-0.25, -0.2) is 0 Å². The Balaban J connectivity index is 2.74. The average Bonchev–Trinajstić information content (AvgIpc) is 2.37. The van der Waals surface area contributed by atoms with E-state index in [9.17, 15) is 5.11 Å². The van der Waals surface area contributed by atoms with Gasteiger partial charge in [-0.1, -0.05) is 57.4 Å². The number of benzene rings is 1. The second-order valence-corrected chi connectivity index (χ2v) is 6.24. The lowest BCUT2D eigenvalue weighted by Gasteiger charge is -2.29. The van der Waals surface area contributed by atoms with Crippen molar-refractivity contribution in [3.63, 3.8) is 0 Å². The van der Waals surface area contributed by atoms with E-state index in [1.54, 1.807) is 0 Å². The van der Waals surface area contributed by atoms with E-state index < -0.39 is 6.10 Å². The number of nitrogens with one attached hydrogen (secondary N) is 1. The standard InChI is InChI=1S/C18H31NO/c1-6-7-8-11-19-17(13(2)3)18(20)16-10-9-14(4)12-15(16)5/h9-10,12-13,17-20H,6-8,11H2,1-5H3. The first-order chi connectivity index (χ1) is 9.47. The van der Waals surface area contributed by atoms with Crippen LogP contribution < -0.4 is 5.32 Å². The number of aryl methyl sites for hydroxylation is 2. The van der Waals surface area contributed by atoms with Gasteiger partial charge >= 0.3 is 0 Å². The Bertz CT molecular complexity index is 400. The number of hydrogen-bond acceptors (Lipinski definition) is 2. The highest BCUT2D eigenvalue weighted by atomic mass is 16.3. The largest absolute Gasteiger partial charge is 0.387 e. The van der Waals surface area contributed by atoms with Gasteiger partial charge in [-0.2, -0.15) is 0 Å². The number of unbranched alkanes of at least 4 members (excludes halogenated alkanes) is 2. The van der Waals surface area contributed by atoms with Crippen LogP contribution in [0.1, 0.15) is 62.8 Å². The third-order valence-electron chi connectivity index (χ3n) is 3.96. The third kappa shape index (κ3) is 4.92. The van der Waals surface area contributed by atoms with Gasteiger partial charge in [0.15, 0.2) is 0 Å². The van der Waals surface area contributed by atoms with E-state index >= 15 is 0 Å². The zero-order valence-electron chi connectivity index (χ0n) is 13.7. The maximum absolute atomic E-state index is 10.7. The summed E-state index contributed by atoms with van der Waals surface area (Å²) in [4.78, 5) is 0. The summed E-state index contributed by atoms with van der Waals surface area (Å²) in [5.41, 5.74) is 3.48. The number of rotatable bonds is 8. The number of aliphatic hydroxyl groups excluding tert-OH is 1. The van der Waals surface area contributed by atoms with E-state index in [4.69, 9.17) is 0 Å². The Morgan fingerprint density at radius 1 is 1.15 bits per heavy atom. The van der Waals surface area contributed by atoms with Gasteiger partial charge in [0.2, 0.25) is 0 Å². The van der Waals surface area contributed by atoms with E-state index in [2.05, 4.69) is 58.1 Å². The van der Waals surface area contributed by atoms with Crippen LogP contribution in [0.4, 0.5) is 0 Å². The normalized spacial score (nSPS) is 14.6. The molecule has 2 heteroatoms. The van der Waals surface area contributed by atoms with Crippen LogP contribution in [0.25, 0.3) is 0 Å². The van der Waals surface area contributed by atoms with E-state index in [1.165, 1.54) is 30.4 Å². The third-order valence-corrected chi connectivity index (χ3v) is 3.96. The molecule has 0 aliphatic heterocycles. The number of aliphatic hydroxyl groups is 1. The molecule has 0 saturated heterocycles. The zero-order chi connectivity index (χ0) is 15.1. The van der Waals surface area contributed by atoms with Gasteiger partial charge in [-0.15, -0.1) is 0 Å². The molecular formula is C18H31NO. The molecule has 0 heterocycles. The molecule has 0 aliphatic carbocycles. The first-order valence-electron chi connectivity index (χ1n) is 7.96. The van der Waals surface area contributed by atoms with Crippen LogP contribution in [0.15, 0.2) is 18.2 Å². The van der Waals surface area contributed by atoms with Crippen molar-refractivity contribution in [3.8, 4) is 0 Å². The quantitative estimate of drug-likeness (QED) is 0.700. The second kappa shape index (κ2) is 8.43. The average molecular weight is 277 g/mol. The highest BCUT2D eigenvalue weighted by Gasteiger charge is 2.24. The summed E-state index contributed by atoms with van der Waals surface area (Å²) in [5, 5.41) is 14.3. The van der Waals surface area contributed by atoms with Crippen molar-refractivity contribution in [1.82, 2.24) is 5.32 Å². The summed E-state index contributed by atoms with van der Waals surface area (Å²) in [6.45, 7) is 11.7. The van der Waals surface area contributed by atoms with E-state index in [0.717, 1.165) is 12.1 Å². The minimum Gasteiger partial charge on any atom is -0.387 e. The molecule has 1 aromatic carbocycles. The first kappa shape index (κ1) is 17.2. The molecular weight excluding hydrogens is 246 g/mol. The second-order valence-electron chi connectivity index (χ2n) is 6.24. The molecule has 0 amide bonds. The maximum atomic E-state index is 10.7. The van der Waals surface area contributed by atoms with Crippen molar-refractivity contribution in [2.75, 3.05) is 6.54 Å². The molecule has 2 N–H and O–H groups in total. The van der Waals surface area contributed by atoms with Crippen molar-refractivity contribution in [3.05, 3.63) is 34.9 Å². The first-order valence-corrected chi connectivity index (χ1v) is 7.96. The summed E-state index contributed by atoms with van der Waals surface area (Å²) in [6, 6.07) is 6.42. The Kier molecular flexibility index (Phi) is 7.25. The molecule has 2 nitrogen and oxygen atoms in total. The van der Waals surface area contributed by atoms with Crippen molar-refractivity contribution in [2.24, 2.45) is 5.92 Å². The van der Waals surface area contributed by atoms with Gasteiger partial charge in [-0.05, 0) is 43.9 Å². The van der Waals surface area contributed by atoms with E-state index in [-0.39, 0.29) is 6.04 Å². The van der Waals surface area contributed by atoms with Gasteiger partial charge in [0.1, 0.15) is 0 Å². The summed E-state index contributed by atoms with van der Waals surface area (Å²) in [6.07, 6.45) is 3.22. The van der Waals surface area contributed by atoms with Crippen LogP contribution in [0.2, 0.25) is 0 Å². The monoisotopic (exact) mass is 277 g/mol. The fourth-order valence-corrected chi connectivity index (χ4v) is 2.71. The maximum Gasteiger partial charge on any atom is 0.0948 e. The molecule has 2 atom stereocenters. The van der Waals surface area contributed by atoms with Crippen molar-refractivity contribution < 1.29 is 5.11 Å². The van der Waals surface area contributed by atoms with Crippen LogP contribution in [-0.4, -0.2) is 17.7 Å². The Morgan fingerprint density at radius 3 is 2.40 bits per heavy atom. The molecule has 2 unspecified atom stereocenters. The van der Waals surface area contributed by atoms with Crippen LogP contribution in [0, 0.1) is 19.8 Å². The molecule has 0 bridgehead atoms. The van der Waals surface area contributed by atoms with Gasteiger partial charge in [0, 0.05) is 6.04 Å². The Labute approximate surface area is 124 Å². The minimum atomic E-state index is -0.433. The smallest absolute Gasteiger partial charge is 0.0948 e. The molecule has 0 spiro atoms. The van der Waals surface area contributed by atoms with Crippen LogP contribution in [0.3, 0.4) is 0 Å². The van der Waals surface area contributed by atoms with Gasteiger partial charge < -0.3 is 10.4 Å². The molecule has 20 heavy (non-hydrogen) atoms. The fraction of sp³-hybridized carbons (Fsp3) is 0.667. The summed E-state index contributed by atoms with van der Waals surface area (Å²) in [5.74, 6) is 0.410. The van der Waals surface area contributed by atoms with Crippen molar-refractivity contribution >= 4 is 0 Å².